The van der Waals surface area contributed by atoms with E-state index in [1.54, 1.807) is 0 Å². The van der Waals surface area contributed by atoms with Crippen molar-refractivity contribution in [1.82, 2.24) is 10.3 Å². The smallest absolute Gasteiger partial charge is 0.195 e. The monoisotopic (exact) mass is 318 g/mol. The third-order valence-electron chi connectivity index (χ3n) is 5.01. The van der Waals surface area contributed by atoms with Crippen molar-refractivity contribution in [2.45, 2.75) is 19.3 Å². The van der Waals surface area contributed by atoms with Gasteiger partial charge in [0.2, 0.25) is 0 Å². The summed E-state index contributed by atoms with van der Waals surface area (Å²) in [5, 5.41) is 4.40. The first-order valence-corrected chi connectivity index (χ1v) is 8.72. The molecule has 3 nitrogen and oxygen atoms in total. The predicted molar refractivity (Wildman–Crippen MR) is 97.5 cm³/mol. The number of piperidine rings is 1. The Bertz CT molecular complexity index is 859. The van der Waals surface area contributed by atoms with E-state index >= 15 is 0 Å². The minimum absolute atomic E-state index is 0.0969. The fourth-order valence-corrected chi connectivity index (χ4v) is 3.67. The molecule has 1 fully saturated rings. The summed E-state index contributed by atoms with van der Waals surface area (Å²) in [4.78, 5) is 16.1. The molecule has 0 saturated carbocycles. The molecule has 0 spiro atoms. The Morgan fingerprint density at radius 2 is 1.88 bits per heavy atom. The second-order valence-electron chi connectivity index (χ2n) is 6.67. The third kappa shape index (κ3) is 3.00. The number of rotatable bonds is 4. The zero-order valence-electron chi connectivity index (χ0n) is 13.7. The Balaban J connectivity index is 1.59. The molecule has 0 atom stereocenters. The zero-order valence-corrected chi connectivity index (χ0v) is 13.7. The molecule has 0 amide bonds. The van der Waals surface area contributed by atoms with E-state index in [1.165, 1.54) is 18.4 Å². The number of H-pyrrole nitrogens is 1. The number of benzene rings is 2. The fraction of sp³-hybridized carbons (Fsp3) is 0.286. The lowest BCUT2D eigenvalue weighted by molar-refractivity contribution is 0.104. The average molecular weight is 318 g/mol. The van der Waals surface area contributed by atoms with Crippen molar-refractivity contribution >= 4 is 16.7 Å². The van der Waals surface area contributed by atoms with Gasteiger partial charge in [-0.25, -0.2) is 0 Å². The number of para-hydroxylation sites is 1. The van der Waals surface area contributed by atoms with Crippen LogP contribution in [0.3, 0.4) is 0 Å². The van der Waals surface area contributed by atoms with Crippen molar-refractivity contribution in [1.29, 1.82) is 0 Å². The molecule has 122 valence electrons. The zero-order chi connectivity index (χ0) is 16.4. The molecular formula is C21H22N2O. The molecule has 1 saturated heterocycles. The molecule has 4 rings (SSSR count). The SMILES string of the molecule is O=C(c1cccc(CC2CCNCC2)c1)c1c[nH]c2ccccc12. The van der Waals surface area contributed by atoms with Crippen LogP contribution in [0.1, 0.15) is 34.3 Å². The Kier molecular flexibility index (Phi) is 4.18. The molecule has 0 aliphatic carbocycles. The summed E-state index contributed by atoms with van der Waals surface area (Å²) in [5.41, 5.74) is 3.81. The molecule has 1 aliphatic rings. The van der Waals surface area contributed by atoms with Crippen molar-refractivity contribution in [3.8, 4) is 0 Å². The van der Waals surface area contributed by atoms with Crippen LogP contribution in [0.5, 0.6) is 0 Å². The van der Waals surface area contributed by atoms with Crippen LogP contribution in [0.2, 0.25) is 0 Å². The van der Waals surface area contributed by atoms with Gasteiger partial charge in [0.15, 0.2) is 5.78 Å². The molecule has 0 radical (unpaired) electrons. The van der Waals surface area contributed by atoms with Gasteiger partial charge in [0, 0.05) is 28.2 Å². The molecule has 0 bridgehead atoms. The lowest BCUT2D eigenvalue weighted by atomic mass is 9.90. The highest BCUT2D eigenvalue weighted by Gasteiger charge is 2.16. The minimum atomic E-state index is 0.0969. The molecule has 3 heteroatoms. The molecule has 1 aromatic heterocycles. The topological polar surface area (TPSA) is 44.9 Å². The van der Waals surface area contributed by atoms with Gasteiger partial charge in [-0.05, 0) is 56.0 Å². The van der Waals surface area contributed by atoms with Gasteiger partial charge in [-0.2, -0.15) is 0 Å². The van der Waals surface area contributed by atoms with Crippen LogP contribution in [-0.4, -0.2) is 23.9 Å². The van der Waals surface area contributed by atoms with Gasteiger partial charge in [0.25, 0.3) is 0 Å². The van der Waals surface area contributed by atoms with Crippen LogP contribution in [0.15, 0.2) is 54.7 Å². The van der Waals surface area contributed by atoms with Gasteiger partial charge in [-0.15, -0.1) is 0 Å². The van der Waals surface area contributed by atoms with Crippen LogP contribution >= 0.6 is 0 Å². The lowest BCUT2D eigenvalue weighted by Crippen LogP contribution is -2.28. The Labute approximate surface area is 142 Å². The van der Waals surface area contributed by atoms with E-state index in [-0.39, 0.29) is 5.78 Å². The van der Waals surface area contributed by atoms with Gasteiger partial charge in [0.1, 0.15) is 0 Å². The minimum Gasteiger partial charge on any atom is -0.360 e. The summed E-state index contributed by atoms with van der Waals surface area (Å²) in [6, 6.07) is 16.1. The van der Waals surface area contributed by atoms with E-state index in [0.29, 0.717) is 0 Å². The maximum Gasteiger partial charge on any atom is 0.195 e. The highest BCUT2D eigenvalue weighted by molar-refractivity contribution is 6.16. The van der Waals surface area contributed by atoms with Crippen molar-refractivity contribution < 1.29 is 4.79 Å². The normalized spacial score (nSPS) is 15.7. The van der Waals surface area contributed by atoms with Crippen molar-refractivity contribution in [2.75, 3.05) is 13.1 Å². The first kappa shape index (κ1) is 15.2. The highest BCUT2D eigenvalue weighted by atomic mass is 16.1. The summed E-state index contributed by atoms with van der Waals surface area (Å²) < 4.78 is 0. The van der Waals surface area contributed by atoms with Crippen LogP contribution < -0.4 is 5.32 Å². The summed E-state index contributed by atoms with van der Waals surface area (Å²) in [6.07, 6.45) is 5.34. The summed E-state index contributed by atoms with van der Waals surface area (Å²) in [6.45, 7) is 2.22. The predicted octanol–water partition coefficient (Wildman–Crippen LogP) is 3.94. The number of ketones is 1. The summed E-state index contributed by atoms with van der Waals surface area (Å²) in [7, 11) is 0. The van der Waals surface area contributed by atoms with Crippen LogP contribution in [0, 0.1) is 5.92 Å². The number of aromatic nitrogens is 1. The van der Waals surface area contributed by atoms with Crippen LogP contribution in [-0.2, 0) is 6.42 Å². The highest BCUT2D eigenvalue weighted by Crippen LogP contribution is 2.23. The van der Waals surface area contributed by atoms with Gasteiger partial charge in [-0.1, -0.05) is 36.4 Å². The lowest BCUT2D eigenvalue weighted by Gasteiger charge is -2.22. The summed E-state index contributed by atoms with van der Waals surface area (Å²) in [5.74, 6) is 0.823. The number of aromatic amines is 1. The standard InChI is InChI=1S/C21H22N2O/c24-21(19-14-23-20-7-2-1-6-18(19)20)17-5-3-4-16(13-17)12-15-8-10-22-11-9-15/h1-7,13-15,22-23H,8-12H2. The average Bonchev–Trinajstić information content (AvgIpc) is 3.06. The van der Waals surface area contributed by atoms with E-state index in [0.717, 1.165) is 47.5 Å². The second-order valence-corrected chi connectivity index (χ2v) is 6.67. The number of fused-ring (bicyclic) bond motifs is 1. The maximum atomic E-state index is 12.9. The molecule has 3 aromatic rings. The Hall–Kier alpha value is -2.39. The Morgan fingerprint density at radius 3 is 2.75 bits per heavy atom. The molecule has 24 heavy (non-hydrogen) atoms. The summed E-state index contributed by atoms with van der Waals surface area (Å²) >= 11 is 0. The number of hydrogen-bond donors (Lipinski definition) is 2. The molecule has 2 heterocycles. The number of carbonyl (C=O) groups is 1. The second kappa shape index (κ2) is 6.62. The van der Waals surface area contributed by atoms with Crippen LogP contribution in [0.4, 0.5) is 0 Å². The first-order valence-electron chi connectivity index (χ1n) is 8.72. The fourth-order valence-electron chi connectivity index (χ4n) is 3.67. The number of carbonyl (C=O) groups excluding carboxylic acids is 1. The molecule has 1 aliphatic heterocycles. The molecule has 2 aromatic carbocycles. The van der Waals surface area contributed by atoms with Crippen molar-refractivity contribution in [3.05, 3.63) is 71.4 Å². The molecular weight excluding hydrogens is 296 g/mol. The van der Waals surface area contributed by atoms with Crippen LogP contribution in [0.25, 0.3) is 10.9 Å². The van der Waals surface area contributed by atoms with Crippen molar-refractivity contribution in [3.63, 3.8) is 0 Å². The van der Waals surface area contributed by atoms with E-state index in [1.807, 2.05) is 42.6 Å². The Morgan fingerprint density at radius 1 is 1.04 bits per heavy atom. The number of hydrogen-bond acceptors (Lipinski definition) is 2. The van der Waals surface area contributed by atoms with Gasteiger partial charge in [-0.3, -0.25) is 4.79 Å². The number of nitrogens with one attached hydrogen (secondary N) is 2. The van der Waals surface area contributed by atoms with Gasteiger partial charge in [0.05, 0.1) is 0 Å². The van der Waals surface area contributed by atoms with Gasteiger partial charge >= 0.3 is 0 Å². The van der Waals surface area contributed by atoms with Gasteiger partial charge < -0.3 is 10.3 Å². The largest absolute Gasteiger partial charge is 0.360 e. The quantitative estimate of drug-likeness (QED) is 0.716. The van der Waals surface area contributed by atoms with E-state index in [9.17, 15) is 4.79 Å². The van der Waals surface area contributed by atoms with E-state index < -0.39 is 0 Å². The first-order chi connectivity index (χ1) is 11.8. The molecule has 2 N–H and O–H groups in total. The molecule has 0 unspecified atom stereocenters. The third-order valence-corrected chi connectivity index (χ3v) is 5.01. The van der Waals surface area contributed by atoms with Crippen molar-refractivity contribution in [2.24, 2.45) is 5.92 Å². The maximum absolute atomic E-state index is 12.9. The van der Waals surface area contributed by atoms with E-state index in [2.05, 4.69) is 22.4 Å². The van der Waals surface area contributed by atoms with E-state index in [4.69, 9.17) is 0 Å².